The second-order valence-electron chi connectivity index (χ2n) is 7.50. The highest BCUT2D eigenvalue weighted by Crippen LogP contribution is 2.40. The highest BCUT2D eigenvalue weighted by molar-refractivity contribution is 5.88. The van der Waals surface area contributed by atoms with E-state index in [1.807, 2.05) is 51.1 Å². The van der Waals surface area contributed by atoms with Crippen LogP contribution in [-0.2, 0) is 14.3 Å². The number of hydrogen-bond acceptors (Lipinski definition) is 4. The van der Waals surface area contributed by atoms with Gasteiger partial charge in [0.1, 0.15) is 11.4 Å². The Morgan fingerprint density at radius 3 is 2.39 bits per heavy atom. The van der Waals surface area contributed by atoms with E-state index < -0.39 is 16.9 Å². The third-order valence-corrected chi connectivity index (χ3v) is 4.73. The molecule has 0 unspecified atom stereocenters. The van der Waals surface area contributed by atoms with E-state index in [0.717, 1.165) is 5.56 Å². The first kappa shape index (κ1) is 17.8. The lowest BCUT2D eigenvalue weighted by Gasteiger charge is -2.42. The van der Waals surface area contributed by atoms with Crippen LogP contribution in [0.5, 0.6) is 0 Å². The van der Waals surface area contributed by atoms with E-state index in [1.54, 1.807) is 0 Å². The van der Waals surface area contributed by atoms with Gasteiger partial charge in [-0.15, -0.1) is 0 Å². The van der Waals surface area contributed by atoms with E-state index in [2.05, 4.69) is 0 Å². The lowest BCUT2D eigenvalue weighted by molar-refractivity contribution is -0.176. The first-order chi connectivity index (χ1) is 10.6. The predicted octanol–water partition coefficient (Wildman–Crippen LogP) is 3.09. The number of Topliss-reactive ketones (excluding diaryl/α,β-unsaturated/α-hetero) is 2. The molecule has 1 heterocycles. The normalized spacial score (nSPS) is 28.4. The van der Waals surface area contributed by atoms with Crippen LogP contribution in [0.3, 0.4) is 0 Å². The molecule has 0 aliphatic carbocycles. The fraction of sp³-hybridized carbons (Fsp3) is 0.579. The number of hydrogen-bond donors (Lipinski definition) is 1. The topological polar surface area (TPSA) is 63.6 Å². The molecule has 23 heavy (non-hydrogen) atoms. The van der Waals surface area contributed by atoms with Crippen molar-refractivity contribution in [2.45, 2.75) is 52.2 Å². The van der Waals surface area contributed by atoms with Gasteiger partial charge in [0.2, 0.25) is 0 Å². The summed E-state index contributed by atoms with van der Waals surface area (Å²) in [5, 5.41) is 10.8. The van der Waals surface area contributed by atoms with Crippen molar-refractivity contribution in [3.63, 3.8) is 0 Å². The van der Waals surface area contributed by atoms with Gasteiger partial charge in [-0.2, -0.15) is 0 Å². The number of benzene rings is 1. The number of aliphatic hydroxyl groups is 1. The molecule has 1 aromatic rings. The van der Waals surface area contributed by atoms with Gasteiger partial charge in [-0.25, -0.2) is 0 Å². The van der Waals surface area contributed by atoms with Crippen molar-refractivity contribution in [3.05, 3.63) is 35.9 Å². The third-order valence-electron chi connectivity index (χ3n) is 4.73. The van der Waals surface area contributed by atoms with Crippen LogP contribution in [-0.4, -0.2) is 28.9 Å². The molecule has 2 rings (SSSR count). The highest BCUT2D eigenvalue weighted by atomic mass is 16.5. The van der Waals surface area contributed by atoms with Crippen LogP contribution < -0.4 is 0 Å². The van der Waals surface area contributed by atoms with Crippen molar-refractivity contribution in [3.8, 4) is 0 Å². The molecule has 1 fully saturated rings. The summed E-state index contributed by atoms with van der Waals surface area (Å²) in [6.07, 6.45) is 0.447. The molecule has 126 valence electrons. The smallest absolute Gasteiger partial charge is 0.163 e. The molecule has 0 radical (unpaired) electrons. The van der Waals surface area contributed by atoms with Crippen LogP contribution in [0.4, 0.5) is 0 Å². The minimum absolute atomic E-state index is 0.0517. The standard InChI is InChI=1S/C19H26O4/c1-13(20)19(22)12-23-16(14-8-6-5-7-9-14)10-15(19)11-17(21)18(2,3)4/h5-9,15-16,22H,10-12H2,1-4H3/t15-,16+,19+/m0/s1. The van der Waals surface area contributed by atoms with Gasteiger partial charge in [0.25, 0.3) is 0 Å². The average molecular weight is 318 g/mol. The Morgan fingerprint density at radius 1 is 1.26 bits per heavy atom. The number of rotatable bonds is 4. The van der Waals surface area contributed by atoms with Gasteiger partial charge in [-0.1, -0.05) is 51.1 Å². The maximum Gasteiger partial charge on any atom is 0.163 e. The molecule has 1 aliphatic rings. The summed E-state index contributed by atoms with van der Waals surface area (Å²) in [6, 6.07) is 9.72. The molecule has 0 amide bonds. The number of ketones is 2. The fourth-order valence-electron chi connectivity index (χ4n) is 2.94. The van der Waals surface area contributed by atoms with Crippen LogP contribution >= 0.6 is 0 Å². The van der Waals surface area contributed by atoms with Crippen molar-refractivity contribution >= 4 is 11.6 Å². The monoisotopic (exact) mass is 318 g/mol. The lowest BCUT2D eigenvalue weighted by Crippen LogP contribution is -2.53. The molecular formula is C19H26O4. The molecule has 1 saturated heterocycles. The molecule has 0 saturated carbocycles. The zero-order chi connectivity index (χ0) is 17.3. The Hall–Kier alpha value is -1.52. The Balaban J connectivity index is 2.24. The molecule has 1 aromatic carbocycles. The Morgan fingerprint density at radius 2 is 1.87 bits per heavy atom. The van der Waals surface area contributed by atoms with E-state index in [-0.39, 0.29) is 30.7 Å². The van der Waals surface area contributed by atoms with Crippen LogP contribution in [0.2, 0.25) is 0 Å². The maximum absolute atomic E-state index is 12.4. The first-order valence-electron chi connectivity index (χ1n) is 8.08. The molecule has 1 N–H and O–H groups in total. The van der Waals surface area contributed by atoms with E-state index in [9.17, 15) is 14.7 Å². The van der Waals surface area contributed by atoms with Crippen molar-refractivity contribution in [2.75, 3.05) is 6.61 Å². The average Bonchev–Trinajstić information content (AvgIpc) is 2.49. The Kier molecular flexibility index (Phi) is 5.07. The lowest BCUT2D eigenvalue weighted by atomic mass is 9.72. The van der Waals surface area contributed by atoms with Crippen LogP contribution in [0.15, 0.2) is 30.3 Å². The van der Waals surface area contributed by atoms with E-state index in [0.29, 0.717) is 6.42 Å². The molecule has 4 heteroatoms. The van der Waals surface area contributed by atoms with Crippen molar-refractivity contribution in [1.82, 2.24) is 0 Å². The van der Waals surface area contributed by atoms with Gasteiger partial charge in [0, 0.05) is 17.8 Å². The molecule has 3 atom stereocenters. The van der Waals surface area contributed by atoms with E-state index in [1.165, 1.54) is 6.92 Å². The first-order valence-corrected chi connectivity index (χ1v) is 8.08. The SMILES string of the molecule is CC(=O)[C@]1(O)CO[C@@H](c2ccccc2)C[C@H]1CC(=O)C(C)(C)C. The summed E-state index contributed by atoms with van der Waals surface area (Å²) in [5.41, 5.74) is -1.06. The van der Waals surface area contributed by atoms with Gasteiger partial charge in [0.15, 0.2) is 5.78 Å². The van der Waals surface area contributed by atoms with E-state index in [4.69, 9.17) is 4.74 Å². The largest absolute Gasteiger partial charge is 0.379 e. The minimum atomic E-state index is -1.58. The van der Waals surface area contributed by atoms with Gasteiger partial charge in [0.05, 0.1) is 12.7 Å². The van der Waals surface area contributed by atoms with Gasteiger partial charge < -0.3 is 9.84 Å². The summed E-state index contributed by atoms with van der Waals surface area (Å²) in [4.78, 5) is 24.4. The van der Waals surface area contributed by atoms with Crippen LogP contribution in [0, 0.1) is 11.3 Å². The Labute approximate surface area is 137 Å². The quantitative estimate of drug-likeness (QED) is 0.926. The summed E-state index contributed by atoms with van der Waals surface area (Å²) in [5.74, 6) is -0.711. The maximum atomic E-state index is 12.4. The zero-order valence-corrected chi connectivity index (χ0v) is 14.3. The van der Waals surface area contributed by atoms with Crippen LogP contribution in [0.25, 0.3) is 0 Å². The molecule has 1 aliphatic heterocycles. The third kappa shape index (κ3) is 3.88. The zero-order valence-electron chi connectivity index (χ0n) is 14.3. The Bertz CT molecular complexity index is 573. The van der Waals surface area contributed by atoms with Crippen molar-refractivity contribution in [2.24, 2.45) is 11.3 Å². The summed E-state index contributed by atoms with van der Waals surface area (Å²) in [6.45, 7) is 6.87. The second kappa shape index (κ2) is 6.54. The van der Waals surface area contributed by atoms with Gasteiger partial charge >= 0.3 is 0 Å². The number of ether oxygens (including phenoxy) is 1. The summed E-state index contributed by atoms with van der Waals surface area (Å²) in [7, 11) is 0. The number of carbonyl (C=O) groups is 2. The molecule has 0 bridgehead atoms. The minimum Gasteiger partial charge on any atom is -0.379 e. The van der Waals surface area contributed by atoms with Gasteiger partial charge in [-0.05, 0) is 18.9 Å². The predicted molar refractivity (Wildman–Crippen MR) is 88.0 cm³/mol. The summed E-state index contributed by atoms with van der Waals surface area (Å²) < 4.78 is 5.76. The van der Waals surface area contributed by atoms with E-state index >= 15 is 0 Å². The molecular weight excluding hydrogens is 292 g/mol. The number of carbonyl (C=O) groups excluding carboxylic acids is 2. The molecule has 0 spiro atoms. The summed E-state index contributed by atoms with van der Waals surface area (Å²) >= 11 is 0. The second-order valence-corrected chi connectivity index (χ2v) is 7.50. The molecule has 4 nitrogen and oxygen atoms in total. The van der Waals surface area contributed by atoms with Crippen molar-refractivity contribution < 1.29 is 19.4 Å². The van der Waals surface area contributed by atoms with Crippen LogP contribution in [0.1, 0.15) is 52.2 Å². The van der Waals surface area contributed by atoms with Gasteiger partial charge in [-0.3, -0.25) is 9.59 Å². The van der Waals surface area contributed by atoms with Crippen molar-refractivity contribution in [1.29, 1.82) is 0 Å². The fourth-order valence-corrected chi connectivity index (χ4v) is 2.94. The highest BCUT2D eigenvalue weighted by Gasteiger charge is 2.48. The molecule has 0 aromatic heterocycles.